The smallest absolute Gasteiger partial charge is 0.270 e. The molecular formula is C14H19N3O5S. The number of hydrogen-bond acceptors (Lipinski definition) is 6. The van der Waals surface area contributed by atoms with Crippen molar-refractivity contribution in [2.24, 2.45) is 5.73 Å². The number of carbonyl (C=O) groups is 1. The molecule has 9 heteroatoms. The lowest BCUT2D eigenvalue weighted by Gasteiger charge is -2.29. The topological polar surface area (TPSA) is 132 Å². The number of benzene rings is 1. The minimum absolute atomic E-state index is 0.0284. The zero-order valence-electron chi connectivity index (χ0n) is 12.7. The monoisotopic (exact) mass is 341 g/mol. The summed E-state index contributed by atoms with van der Waals surface area (Å²) in [6, 6.07) is 3.72. The molecule has 0 heterocycles. The van der Waals surface area contributed by atoms with E-state index in [-0.39, 0.29) is 17.3 Å². The summed E-state index contributed by atoms with van der Waals surface area (Å²) >= 11 is 0. The maximum absolute atomic E-state index is 11.7. The molecular weight excluding hydrogens is 322 g/mol. The van der Waals surface area contributed by atoms with Crippen molar-refractivity contribution in [3.63, 3.8) is 0 Å². The largest absolute Gasteiger partial charge is 0.382 e. The first kappa shape index (κ1) is 17.2. The number of nitrogens with two attached hydrogens (primary N) is 1. The van der Waals surface area contributed by atoms with Crippen LogP contribution >= 0.6 is 0 Å². The second kappa shape index (κ2) is 6.53. The van der Waals surface area contributed by atoms with Crippen molar-refractivity contribution in [2.45, 2.75) is 37.0 Å². The van der Waals surface area contributed by atoms with Gasteiger partial charge in [-0.2, -0.15) is 0 Å². The Kier molecular flexibility index (Phi) is 4.88. The Balaban J connectivity index is 2.22. The SMILES string of the molecule is CS(=O)(=O)C1CCCC(Nc2ccc([N+](=O)[O-])cc2C(N)=O)C1. The van der Waals surface area contributed by atoms with Crippen LogP contribution in [0.2, 0.25) is 0 Å². The average molecular weight is 341 g/mol. The van der Waals surface area contributed by atoms with Crippen molar-refractivity contribution >= 4 is 27.1 Å². The van der Waals surface area contributed by atoms with Gasteiger partial charge in [0.1, 0.15) is 9.84 Å². The molecule has 8 nitrogen and oxygen atoms in total. The number of rotatable bonds is 5. The molecule has 0 spiro atoms. The van der Waals surface area contributed by atoms with Crippen LogP contribution in [0.15, 0.2) is 18.2 Å². The summed E-state index contributed by atoms with van der Waals surface area (Å²) in [4.78, 5) is 21.7. The summed E-state index contributed by atoms with van der Waals surface area (Å²) in [5.41, 5.74) is 5.49. The molecule has 3 N–H and O–H groups in total. The van der Waals surface area contributed by atoms with E-state index in [1.165, 1.54) is 18.4 Å². The number of nitrogens with one attached hydrogen (secondary N) is 1. The van der Waals surface area contributed by atoms with Gasteiger partial charge in [-0.15, -0.1) is 0 Å². The molecule has 1 amide bonds. The molecule has 0 aromatic heterocycles. The Morgan fingerprint density at radius 3 is 2.65 bits per heavy atom. The Labute approximate surface area is 134 Å². The molecule has 0 bridgehead atoms. The highest BCUT2D eigenvalue weighted by molar-refractivity contribution is 7.91. The first-order chi connectivity index (χ1) is 10.7. The van der Waals surface area contributed by atoms with Crippen LogP contribution in [0.25, 0.3) is 0 Å². The number of nitro benzene ring substituents is 1. The molecule has 2 unspecified atom stereocenters. The van der Waals surface area contributed by atoms with Crippen molar-refractivity contribution in [3.8, 4) is 0 Å². The number of nitrogens with zero attached hydrogens (tertiary/aromatic N) is 1. The quantitative estimate of drug-likeness (QED) is 0.615. The number of nitro groups is 1. The van der Waals surface area contributed by atoms with Gasteiger partial charge in [0.15, 0.2) is 0 Å². The number of amides is 1. The van der Waals surface area contributed by atoms with Gasteiger partial charge in [-0.1, -0.05) is 6.42 Å². The van der Waals surface area contributed by atoms with Crippen LogP contribution in [0.4, 0.5) is 11.4 Å². The number of primary amides is 1. The van der Waals surface area contributed by atoms with E-state index in [9.17, 15) is 23.3 Å². The normalized spacial score (nSPS) is 21.6. The highest BCUT2D eigenvalue weighted by Crippen LogP contribution is 2.29. The fourth-order valence-corrected chi connectivity index (χ4v) is 4.04. The van der Waals surface area contributed by atoms with Gasteiger partial charge in [0.25, 0.3) is 11.6 Å². The highest BCUT2D eigenvalue weighted by Gasteiger charge is 2.29. The van der Waals surface area contributed by atoms with E-state index in [4.69, 9.17) is 5.73 Å². The van der Waals surface area contributed by atoms with Crippen molar-refractivity contribution in [1.29, 1.82) is 0 Å². The minimum atomic E-state index is -3.12. The molecule has 1 fully saturated rings. The predicted molar refractivity (Wildman–Crippen MR) is 86.1 cm³/mol. The second-order valence-corrected chi connectivity index (χ2v) is 8.14. The lowest BCUT2D eigenvalue weighted by Crippen LogP contribution is -2.34. The number of sulfone groups is 1. The van der Waals surface area contributed by atoms with E-state index in [1.807, 2.05) is 0 Å². The molecule has 1 aromatic carbocycles. The Morgan fingerprint density at radius 1 is 1.39 bits per heavy atom. The van der Waals surface area contributed by atoms with Crippen LogP contribution in [0.3, 0.4) is 0 Å². The lowest BCUT2D eigenvalue weighted by molar-refractivity contribution is -0.384. The van der Waals surface area contributed by atoms with Crippen molar-refractivity contribution in [2.75, 3.05) is 11.6 Å². The molecule has 126 valence electrons. The van der Waals surface area contributed by atoms with Crippen molar-refractivity contribution < 1.29 is 18.1 Å². The molecule has 0 saturated heterocycles. The molecule has 23 heavy (non-hydrogen) atoms. The number of carbonyl (C=O) groups excluding carboxylic acids is 1. The second-order valence-electron chi connectivity index (χ2n) is 5.81. The third-order valence-electron chi connectivity index (χ3n) is 4.07. The maximum atomic E-state index is 11.7. The van der Waals surface area contributed by atoms with Crippen LogP contribution in [0.1, 0.15) is 36.0 Å². The van der Waals surface area contributed by atoms with Crippen LogP contribution in [0, 0.1) is 10.1 Å². The zero-order valence-corrected chi connectivity index (χ0v) is 13.5. The van der Waals surface area contributed by atoms with Gasteiger partial charge in [-0.3, -0.25) is 14.9 Å². The van der Waals surface area contributed by atoms with E-state index < -0.39 is 25.9 Å². The minimum Gasteiger partial charge on any atom is -0.382 e. The van der Waals surface area contributed by atoms with Gasteiger partial charge in [0.05, 0.1) is 15.7 Å². The fourth-order valence-electron chi connectivity index (χ4n) is 2.86. The molecule has 0 aliphatic heterocycles. The third kappa shape index (κ3) is 4.19. The first-order valence-electron chi connectivity index (χ1n) is 7.22. The van der Waals surface area contributed by atoms with Gasteiger partial charge in [-0.05, 0) is 25.3 Å². The molecule has 1 aliphatic carbocycles. The zero-order chi connectivity index (χ0) is 17.2. The van der Waals surface area contributed by atoms with E-state index in [0.717, 1.165) is 18.9 Å². The molecule has 2 rings (SSSR count). The summed E-state index contributed by atoms with van der Waals surface area (Å²) in [6.45, 7) is 0. The number of non-ortho nitro benzene ring substituents is 1. The van der Waals surface area contributed by atoms with E-state index in [2.05, 4.69) is 5.32 Å². The fraction of sp³-hybridized carbons (Fsp3) is 0.500. The molecule has 1 aliphatic rings. The van der Waals surface area contributed by atoms with Crippen molar-refractivity contribution in [3.05, 3.63) is 33.9 Å². The summed E-state index contributed by atoms with van der Waals surface area (Å²) in [7, 11) is -3.12. The predicted octanol–water partition coefficient (Wildman–Crippen LogP) is 1.46. The van der Waals surface area contributed by atoms with Gasteiger partial charge < -0.3 is 11.1 Å². The van der Waals surface area contributed by atoms with Gasteiger partial charge in [0.2, 0.25) is 0 Å². The lowest BCUT2D eigenvalue weighted by atomic mass is 9.94. The standard InChI is InChI=1S/C14H19N3O5S/c1-23(21,22)11-4-2-3-9(7-11)16-13-6-5-10(17(19)20)8-12(13)14(15)18/h5-6,8-9,11,16H,2-4,7H2,1H3,(H2,15,18). The van der Waals surface area contributed by atoms with E-state index in [0.29, 0.717) is 18.5 Å². The van der Waals surface area contributed by atoms with Crippen molar-refractivity contribution in [1.82, 2.24) is 0 Å². The Morgan fingerprint density at radius 2 is 2.09 bits per heavy atom. The van der Waals surface area contributed by atoms with E-state index in [1.54, 1.807) is 0 Å². The van der Waals surface area contributed by atoms with Crippen LogP contribution in [-0.2, 0) is 9.84 Å². The number of hydrogen-bond donors (Lipinski definition) is 2. The summed E-state index contributed by atoms with van der Waals surface area (Å²) in [5, 5.41) is 13.5. The molecule has 2 atom stereocenters. The number of anilines is 1. The van der Waals surface area contributed by atoms with Gasteiger partial charge in [0, 0.05) is 30.1 Å². The molecule has 0 radical (unpaired) electrons. The maximum Gasteiger partial charge on any atom is 0.270 e. The van der Waals surface area contributed by atoms with Gasteiger partial charge >= 0.3 is 0 Å². The summed E-state index contributed by atoms with van der Waals surface area (Å²) in [6.07, 6.45) is 3.81. The Bertz CT molecular complexity index is 732. The van der Waals surface area contributed by atoms with E-state index >= 15 is 0 Å². The Hall–Kier alpha value is -2.16. The van der Waals surface area contributed by atoms with Gasteiger partial charge in [-0.25, -0.2) is 8.42 Å². The third-order valence-corrected chi connectivity index (χ3v) is 5.71. The van der Waals surface area contributed by atoms with Crippen LogP contribution in [0.5, 0.6) is 0 Å². The highest BCUT2D eigenvalue weighted by atomic mass is 32.2. The molecule has 1 aromatic rings. The summed E-state index contributed by atoms with van der Waals surface area (Å²) < 4.78 is 23.4. The molecule has 1 saturated carbocycles. The first-order valence-corrected chi connectivity index (χ1v) is 9.17. The van der Waals surface area contributed by atoms with Crippen LogP contribution < -0.4 is 11.1 Å². The van der Waals surface area contributed by atoms with Crippen LogP contribution in [-0.4, -0.2) is 36.8 Å². The average Bonchev–Trinajstić information content (AvgIpc) is 2.46. The summed E-state index contributed by atoms with van der Waals surface area (Å²) in [5.74, 6) is -0.772.